The summed E-state index contributed by atoms with van der Waals surface area (Å²) in [6.07, 6.45) is 4.73. The molecule has 0 unspecified atom stereocenters. The molecule has 0 atom stereocenters. The van der Waals surface area contributed by atoms with E-state index in [1.807, 2.05) is 30.3 Å². The fraction of sp³-hybridized carbons (Fsp3) is 0.318. The molecule has 0 spiro atoms. The summed E-state index contributed by atoms with van der Waals surface area (Å²) in [4.78, 5) is 23.9. The van der Waals surface area contributed by atoms with E-state index in [2.05, 4.69) is 21.6 Å². The Morgan fingerprint density at radius 1 is 1.17 bits per heavy atom. The van der Waals surface area contributed by atoms with Crippen molar-refractivity contribution in [1.82, 2.24) is 9.55 Å². The standard InChI is InChI=1S/C22H22N4O2S/c1-28-20(27)15-11-12-19-18(13-15)23-21(26(19)17-9-5-6-10-17)24-22-25(14-29-22)16-7-3-2-4-8-16/h2-4,7-8,11-13,17H,5-6,9-10,14H2,1H3/b24-22-. The lowest BCUT2D eigenvalue weighted by Gasteiger charge is -2.33. The molecule has 1 saturated carbocycles. The average Bonchev–Trinajstić information content (AvgIpc) is 3.38. The molecule has 1 aliphatic carbocycles. The second-order valence-corrected chi connectivity index (χ2v) is 8.26. The number of esters is 1. The molecule has 1 aliphatic heterocycles. The predicted octanol–water partition coefficient (Wildman–Crippen LogP) is 5.14. The molecule has 7 heteroatoms. The second-order valence-electron chi connectivity index (χ2n) is 7.35. The van der Waals surface area contributed by atoms with Gasteiger partial charge in [0.25, 0.3) is 0 Å². The summed E-state index contributed by atoms with van der Waals surface area (Å²) in [5.74, 6) is 1.26. The van der Waals surface area contributed by atoms with E-state index in [1.54, 1.807) is 17.8 Å². The van der Waals surface area contributed by atoms with Crippen molar-refractivity contribution in [1.29, 1.82) is 0 Å². The summed E-state index contributed by atoms with van der Waals surface area (Å²) >= 11 is 1.72. The SMILES string of the molecule is COC(=O)c1ccc2c(c1)nc(/N=C1\SCN1c1ccccc1)n2C1CCCC1. The number of ether oxygens (including phenoxy) is 1. The Hall–Kier alpha value is -2.80. The Bertz CT molecular complexity index is 1090. The van der Waals surface area contributed by atoms with Crippen molar-refractivity contribution >= 4 is 45.6 Å². The minimum Gasteiger partial charge on any atom is -0.465 e. The fourth-order valence-corrected chi connectivity index (χ4v) is 4.86. The molecule has 29 heavy (non-hydrogen) atoms. The van der Waals surface area contributed by atoms with Gasteiger partial charge in [-0.05, 0) is 43.2 Å². The lowest BCUT2D eigenvalue weighted by atomic mass is 10.2. The first-order valence-electron chi connectivity index (χ1n) is 9.89. The van der Waals surface area contributed by atoms with E-state index in [0.717, 1.165) is 46.6 Å². The highest BCUT2D eigenvalue weighted by atomic mass is 32.2. The van der Waals surface area contributed by atoms with Gasteiger partial charge in [-0.25, -0.2) is 9.78 Å². The van der Waals surface area contributed by atoms with Crippen LogP contribution in [0, 0.1) is 0 Å². The molecule has 0 bridgehead atoms. The van der Waals surface area contributed by atoms with Crippen LogP contribution >= 0.6 is 11.8 Å². The minimum atomic E-state index is -0.347. The molecule has 3 aromatic rings. The van der Waals surface area contributed by atoms with Crippen molar-refractivity contribution in [3.8, 4) is 0 Å². The zero-order chi connectivity index (χ0) is 19.8. The number of imidazole rings is 1. The molecule has 6 nitrogen and oxygen atoms in total. The van der Waals surface area contributed by atoms with Crippen molar-refractivity contribution in [3.05, 3.63) is 54.1 Å². The maximum Gasteiger partial charge on any atom is 0.337 e. The molecular weight excluding hydrogens is 384 g/mol. The van der Waals surface area contributed by atoms with Crippen LogP contribution in [0.2, 0.25) is 0 Å². The van der Waals surface area contributed by atoms with Crippen molar-refractivity contribution in [3.63, 3.8) is 0 Å². The van der Waals surface area contributed by atoms with Crippen molar-refractivity contribution in [2.24, 2.45) is 4.99 Å². The highest BCUT2D eigenvalue weighted by molar-refractivity contribution is 8.16. The van der Waals surface area contributed by atoms with E-state index in [-0.39, 0.29) is 5.97 Å². The van der Waals surface area contributed by atoms with E-state index in [9.17, 15) is 4.79 Å². The van der Waals surface area contributed by atoms with Crippen LogP contribution in [0.5, 0.6) is 0 Å². The first-order valence-corrected chi connectivity index (χ1v) is 10.9. The topological polar surface area (TPSA) is 59.7 Å². The Morgan fingerprint density at radius 3 is 2.66 bits per heavy atom. The van der Waals surface area contributed by atoms with Crippen LogP contribution < -0.4 is 4.90 Å². The number of carbonyl (C=O) groups excluding carboxylic acids is 1. The molecule has 2 heterocycles. The molecular formula is C22H22N4O2S. The highest BCUT2D eigenvalue weighted by Gasteiger charge is 2.28. The van der Waals surface area contributed by atoms with E-state index < -0.39 is 0 Å². The predicted molar refractivity (Wildman–Crippen MR) is 117 cm³/mol. The molecule has 2 aromatic carbocycles. The van der Waals surface area contributed by atoms with Gasteiger partial charge < -0.3 is 14.2 Å². The van der Waals surface area contributed by atoms with Gasteiger partial charge in [0.1, 0.15) is 0 Å². The third-order valence-corrected chi connectivity index (χ3v) is 6.56. The number of aliphatic imine (C=N–C) groups is 1. The van der Waals surface area contributed by atoms with Gasteiger partial charge in [-0.3, -0.25) is 0 Å². The van der Waals surface area contributed by atoms with E-state index in [0.29, 0.717) is 11.6 Å². The quantitative estimate of drug-likeness (QED) is 0.562. The number of methoxy groups -OCH3 is 1. The minimum absolute atomic E-state index is 0.347. The van der Waals surface area contributed by atoms with Crippen LogP contribution in [-0.2, 0) is 4.74 Å². The Morgan fingerprint density at radius 2 is 1.97 bits per heavy atom. The lowest BCUT2D eigenvalue weighted by molar-refractivity contribution is 0.0601. The van der Waals surface area contributed by atoms with Crippen molar-refractivity contribution in [2.45, 2.75) is 31.7 Å². The summed E-state index contributed by atoms with van der Waals surface area (Å²) in [7, 11) is 1.40. The summed E-state index contributed by atoms with van der Waals surface area (Å²) in [6, 6.07) is 16.3. The van der Waals surface area contributed by atoms with Gasteiger partial charge in [0.05, 0.1) is 29.6 Å². The van der Waals surface area contributed by atoms with Gasteiger partial charge in [0, 0.05) is 11.7 Å². The molecule has 5 rings (SSSR count). The molecule has 2 aliphatic rings. The number of fused-ring (bicyclic) bond motifs is 1. The summed E-state index contributed by atoms with van der Waals surface area (Å²) < 4.78 is 7.13. The van der Waals surface area contributed by atoms with Crippen LogP contribution in [0.3, 0.4) is 0 Å². The molecule has 148 valence electrons. The van der Waals surface area contributed by atoms with Gasteiger partial charge >= 0.3 is 5.97 Å². The number of para-hydroxylation sites is 1. The van der Waals surface area contributed by atoms with Crippen LogP contribution in [-0.4, -0.2) is 33.7 Å². The normalized spacial score (nSPS) is 18.4. The van der Waals surface area contributed by atoms with Crippen molar-refractivity contribution < 1.29 is 9.53 Å². The van der Waals surface area contributed by atoms with E-state index in [4.69, 9.17) is 14.7 Å². The number of thioether (sulfide) groups is 1. The second kappa shape index (κ2) is 7.55. The van der Waals surface area contributed by atoms with Crippen LogP contribution in [0.15, 0.2) is 53.5 Å². The Balaban J connectivity index is 1.58. The zero-order valence-corrected chi connectivity index (χ0v) is 17.1. The number of amidine groups is 1. The molecule has 1 aromatic heterocycles. The number of aromatic nitrogens is 2. The summed E-state index contributed by atoms with van der Waals surface area (Å²) in [5, 5.41) is 0.957. The first-order chi connectivity index (χ1) is 14.2. The fourth-order valence-electron chi connectivity index (χ4n) is 4.09. The molecule has 0 N–H and O–H groups in total. The Labute approximate surface area is 173 Å². The number of carbonyl (C=O) groups is 1. The van der Waals surface area contributed by atoms with Crippen molar-refractivity contribution in [2.75, 3.05) is 17.9 Å². The van der Waals surface area contributed by atoms with E-state index >= 15 is 0 Å². The monoisotopic (exact) mass is 406 g/mol. The highest BCUT2D eigenvalue weighted by Crippen LogP contribution is 2.38. The van der Waals surface area contributed by atoms with E-state index in [1.165, 1.54) is 20.0 Å². The average molecular weight is 407 g/mol. The maximum atomic E-state index is 11.9. The number of benzene rings is 2. The van der Waals surface area contributed by atoms with Gasteiger partial charge in [0.15, 0.2) is 5.17 Å². The number of hydrogen-bond acceptors (Lipinski definition) is 5. The molecule has 2 fully saturated rings. The van der Waals surface area contributed by atoms with Gasteiger partial charge in [-0.1, -0.05) is 42.8 Å². The molecule has 0 amide bonds. The Kier molecular flexibility index (Phi) is 4.75. The number of anilines is 1. The maximum absolute atomic E-state index is 11.9. The molecule has 1 saturated heterocycles. The van der Waals surface area contributed by atoms with Crippen LogP contribution in [0.1, 0.15) is 42.1 Å². The van der Waals surface area contributed by atoms with Crippen LogP contribution in [0.4, 0.5) is 11.6 Å². The number of nitrogens with zero attached hydrogens (tertiary/aromatic N) is 4. The third-order valence-electron chi connectivity index (χ3n) is 5.60. The lowest BCUT2D eigenvalue weighted by Crippen LogP contribution is -2.38. The van der Waals surface area contributed by atoms with Gasteiger partial charge in [0.2, 0.25) is 5.95 Å². The van der Waals surface area contributed by atoms with Gasteiger partial charge in [-0.15, -0.1) is 0 Å². The summed E-state index contributed by atoms with van der Waals surface area (Å²) in [6.45, 7) is 0. The largest absolute Gasteiger partial charge is 0.465 e. The number of hydrogen-bond donors (Lipinski definition) is 0. The number of rotatable bonds is 4. The first kappa shape index (κ1) is 18.2. The third kappa shape index (κ3) is 3.29. The van der Waals surface area contributed by atoms with Gasteiger partial charge in [-0.2, -0.15) is 4.99 Å². The van der Waals surface area contributed by atoms with Crippen LogP contribution in [0.25, 0.3) is 11.0 Å². The molecule has 0 radical (unpaired) electrons. The zero-order valence-electron chi connectivity index (χ0n) is 16.2. The smallest absolute Gasteiger partial charge is 0.337 e. The summed E-state index contributed by atoms with van der Waals surface area (Å²) in [5.41, 5.74) is 3.47.